The fraction of sp³-hybridized carbons (Fsp3) is 1.00. The molecule has 0 amide bonds. The molecule has 1 saturated heterocycles. The number of hydrogen-bond acceptors (Lipinski definition) is 2. The Bertz CT molecular complexity index is 133. The molecule has 0 aliphatic carbocycles. The van der Waals surface area contributed by atoms with Crippen LogP contribution < -0.4 is 18.9 Å². The van der Waals surface area contributed by atoms with Crippen LogP contribution in [0.25, 0.3) is 0 Å². The smallest absolute Gasteiger partial charge is 1.00 e. The van der Waals surface area contributed by atoms with Crippen molar-refractivity contribution < 1.29 is 20.3 Å². The van der Waals surface area contributed by atoms with E-state index in [2.05, 4.69) is 36.2 Å². The molecule has 0 spiro atoms. The molecule has 1 heterocycles. The zero-order valence-corrected chi connectivity index (χ0v) is 10.2. The third-order valence-corrected chi connectivity index (χ3v) is 4.80. The Balaban J connectivity index is 0. The quantitative estimate of drug-likeness (QED) is 0.439. The van der Waals surface area contributed by atoms with Crippen molar-refractivity contribution in [3.63, 3.8) is 0 Å². The van der Waals surface area contributed by atoms with Crippen LogP contribution in [0.15, 0.2) is 0 Å². The molecule has 1 aliphatic heterocycles. The first kappa shape index (κ1) is 12.7. The molecule has 1 rings (SSSR count). The van der Waals surface area contributed by atoms with E-state index in [9.17, 15) is 0 Å². The number of hydrogen-bond donors (Lipinski definition) is 0. The predicted octanol–water partition coefficient (Wildman–Crippen LogP) is -1.81. The van der Waals surface area contributed by atoms with Gasteiger partial charge in [-0.2, -0.15) is 0 Å². The Morgan fingerprint density at radius 2 is 1.42 bits per heavy atom. The van der Waals surface area contributed by atoms with Gasteiger partial charge in [-0.3, -0.25) is 0 Å². The summed E-state index contributed by atoms with van der Waals surface area (Å²) in [6.07, 6.45) is 0. The topological polar surface area (TPSA) is 6.48 Å². The molecule has 12 heavy (non-hydrogen) atoms. The zero-order chi connectivity index (χ0) is 8.48. The summed E-state index contributed by atoms with van der Waals surface area (Å²) in [5.41, 5.74) is 0. The van der Waals surface area contributed by atoms with E-state index >= 15 is 0 Å². The molecular formula is C8H21LiN2Si. The summed E-state index contributed by atoms with van der Waals surface area (Å²) in [6, 6.07) is 0. The van der Waals surface area contributed by atoms with Crippen LogP contribution in [0.1, 0.15) is 1.43 Å². The van der Waals surface area contributed by atoms with Crippen LogP contribution in [0.2, 0.25) is 19.6 Å². The van der Waals surface area contributed by atoms with Crippen molar-refractivity contribution >= 4 is 8.24 Å². The molecule has 0 unspecified atom stereocenters. The molecular weight excluding hydrogens is 159 g/mol. The molecule has 0 bridgehead atoms. The molecule has 1 aliphatic rings. The van der Waals surface area contributed by atoms with Gasteiger partial charge in [0.15, 0.2) is 0 Å². The second-order valence-corrected chi connectivity index (χ2v) is 9.44. The van der Waals surface area contributed by atoms with Crippen LogP contribution in [-0.4, -0.2) is 50.9 Å². The third kappa shape index (κ3) is 3.63. The van der Waals surface area contributed by atoms with Crippen LogP contribution in [0.5, 0.6) is 0 Å². The predicted molar refractivity (Wildman–Crippen MR) is 53.5 cm³/mol. The van der Waals surface area contributed by atoms with Crippen LogP contribution in [0.3, 0.4) is 0 Å². The van der Waals surface area contributed by atoms with Crippen LogP contribution in [0, 0.1) is 0 Å². The molecule has 0 saturated carbocycles. The molecule has 0 aromatic carbocycles. The van der Waals surface area contributed by atoms with E-state index < -0.39 is 8.24 Å². The van der Waals surface area contributed by atoms with Crippen molar-refractivity contribution in [2.45, 2.75) is 19.6 Å². The first-order valence-corrected chi connectivity index (χ1v) is 7.88. The van der Waals surface area contributed by atoms with Gasteiger partial charge < -0.3 is 10.9 Å². The Hall–Kier alpha value is 0.734. The first-order chi connectivity index (χ1) is 5.00. The molecule has 2 nitrogen and oxygen atoms in total. The van der Waals surface area contributed by atoms with Gasteiger partial charge in [-0.15, -0.1) is 0 Å². The minimum atomic E-state index is -0.979. The van der Waals surface area contributed by atoms with Gasteiger partial charge in [0.2, 0.25) is 0 Å². The van der Waals surface area contributed by atoms with Gasteiger partial charge in [0, 0.05) is 26.2 Å². The van der Waals surface area contributed by atoms with Gasteiger partial charge in [-0.05, 0) is 7.05 Å². The molecule has 0 radical (unpaired) electrons. The van der Waals surface area contributed by atoms with E-state index in [0.717, 1.165) is 0 Å². The van der Waals surface area contributed by atoms with Crippen molar-refractivity contribution in [3.8, 4) is 0 Å². The molecule has 0 aromatic heterocycles. The van der Waals surface area contributed by atoms with Crippen LogP contribution in [-0.2, 0) is 0 Å². The maximum atomic E-state index is 2.69. The van der Waals surface area contributed by atoms with E-state index in [1.54, 1.807) is 0 Å². The maximum absolute atomic E-state index is 2.69. The molecule has 0 N–H and O–H groups in total. The van der Waals surface area contributed by atoms with Crippen LogP contribution >= 0.6 is 0 Å². The van der Waals surface area contributed by atoms with Crippen LogP contribution in [0.4, 0.5) is 0 Å². The zero-order valence-electron chi connectivity index (χ0n) is 10.2. The fourth-order valence-electron chi connectivity index (χ4n) is 1.48. The summed E-state index contributed by atoms with van der Waals surface area (Å²) in [4.78, 5) is 2.41. The number of rotatable bonds is 1. The van der Waals surface area contributed by atoms with E-state index in [1.807, 2.05) is 0 Å². The Kier molecular flexibility index (Phi) is 5.12. The fourth-order valence-corrected chi connectivity index (χ4v) is 3.02. The normalized spacial score (nSPS) is 22.0. The molecule has 4 heteroatoms. The Morgan fingerprint density at radius 3 is 1.75 bits per heavy atom. The average molecular weight is 180 g/mol. The molecule has 0 atom stereocenters. The monoisotopic (exact) mass is 180 g/mol. The second kappa shape index (κ2) is 4.83. The van der Waals surface area contributed by atoms with Gasteiger partial charge in [-0.25, -0.2) is 0 Å². The summed E-state index contributed by atoms with van der Waals surface area (Å²) in [5.74, 6) is 0. The Labute approximate surface area is 91.1 Å². The first-order valence-electron chi connectivity index (χ1n) is 4.44. The number of piperazine rings is 1. The summed E-state index contributed by atoms with van der Waals surface area (Å²) in [7, 11) is 1.23. The van der Waals surface area contributed by atoms with Crippen molar-refractivity contribution in [1.82, 2.24) is 9.47 Å². The Morgan fingerprint density at radius 1 is 1.00 bits per heavy atom. The minimum Gasteiger partial charge on any atom is -1.00 e. The van der Waals surface area contributed by atoms with Gasteiger partial charge in [0.05, 0.1) is 0 Å². The van der Waals surface area contributed by atoms with Crippen molar-refractivity contribution in [2.24, 2.45) is 0 Å². The molecule has 1 fully saturated rings. The minimum absolute atomic E-state index is 0. The van der Waals surface area contributed by atoms with Gasteiger partial charge in [0.25, 0.3) is 0 Å². The van der Waals surface area contributed by atoms with E-state index in [0.29, 0.717) is 0 Å². The van der Waals surface area contributed by atoms with E-state index in [4.69, 9.17) is 0 Å². The van der Waals surface area contributed by atoms with Crippen molar-refractivity contribution in [3.05, 3.63) is 0 Å². The number of likely N-dealkylation sites (N-methyl/N-ethyl adjacent to an activating group) is 1. The summed E-state index contributed by atoms with van der Waals surface area (Å²) in [5, 5.41) is 0. The van der Waals surface area contributed by atoms with Gasteiger partial charge >= 0.3 is 18.9 Å². The summed E-state index contributed by atoms with van der Waals surface area (Å²) >= 11 is 0. The maximum Gasteiger partial charge on any atom is 1.00 e. The van der Waals surface area contributed by atoms with E-state index in [-0.39, 0.29) is 20.3 Å². The SMILES string of the molecule is CN1CCN([Si](C)(C)C)CC1.[H-].[Li+]. The largest absolute Gasteiger partial charge is 1.00 e. The van der Waals surface area contributed by atoms with Crippen molar-refractivity contribution in [2.75, 3.05) is 33.2 Å². The van der Waals surface area contributed by atoms with Gasteiger partial charge in [0.1, 0.15) is 8.24 Å². The van der Waals surface area contributed by atoms with Gasteiger partial charge in [-0.1, -0.05) is 19.6 Å². The van der Waals surface area contributed by atoms with Crippen molar-refractivity contribution in [1.29, 1.82) is 0 Å². The average Bonchev–Trinajstić information content (AvgIpc) is 1.86. The third-order valence-electron chi connectivity index (χ3n) is 2.45. The molecule has 0 aromatic rings. The summed E-state index contributed by atoms with van der Waals surface area (Å²) < 4.78 is 2.69. The summed E-state index contributed by atoms with van der Waals surface area (Å²) in [6.45, 7) is 12.4. The second-order valence-electron chi connectivity index (χ2n) is 4.46. The van der Waals surface area contributed by atoms with E-state index in [1.165, 1.54) is 26.2 Å². The standard InChI is InChI=1S/C8H20N2Si.Li.H/c1-9-5-7-10(8-6-9)11(2,3)4;;/h5-8H2,1-4H3;;/q;+1;-1. The number of nitrogens with zero attached hydrogens (tertiary/aromatic N) is 2. The molecule has 68 valence electrons.